The average molecular weight is 312 g/mol. The molecule has 0 saturated heterocycles. The molecule has 2 aromatic rings. The summed E-state index contributed by atoms with van der Waals surface area (Å²) in [5.74, 6) is 1.08. The first-order valence-corrected chi connectivity index (χ1v) is 8.18. The molecule has 0 aromatic carbocycles. The molecule has 2 N–H and O–H groups in total. The van der Waals surface area contributed by atoms with E-state index in [1.54, 1.807) is 11.3 Å². The van der Waals surface area contributed by atoms with Crippen LogP contribution in [-0.2, 0) is 0 Å². The standard InChI is InChI=1S/C14H18ClN3OS/c1-8-6-10-12(17-14(15)18-13(10)20-8)16-7-9-4-2-3-5-11(9)19/h6,9,11,19H,2-5,7H2,1H3,(H,16,17,18). The summed E-state index contributed by atoms with van der Waals surface area (Å²) in [5, 5.41) is 14.7. The SMILES string of the molecule is Cc1cc2c(NCC3CCCCC3O)nc(Cl)nc2s1. The van der Waals surface area contributed by atoms with Crippen molar-refractivity contribution < 1.29 is 5.11 Å². The molecule has 1 aliphatic rings. The van der Waals surface area contributed by atoms with E-state index in [1.165, 1.54) is 11.3 Å². The van der Waals surface area contributed by atoms with Crippen LogP contribution in [0, 0.1) is 12.8 Å². The molecule has 1 saturated carbocycles. The summed E-state index contributed by atoms with van der Waals surface area (Å²) < 4.78 is 0. The Hall–Kier alpha value is -0.910. The van der Waals surface area contributed by atoms with Crippen LogP contribution in [0.4, 0.5) is 5.82 Å². The van der Waals surface area contributed by atoms with Crippen molar-refractivity contribution >= 4 is 39.0 Å². The lowest BCUT2D eigenvalue weighted by molar-refractivity contribution is 0.0763. The molecular formula is C14H18ClN3OS. The zero-order chi connectivity index (χ0) is 14.1. The van der Waals surface area contributed by atoms with Crippen molar-refractivity contribution in [2.24, 2.45) is 5.92 Å². The number of aliphatic hydroxyl groups excluding tert-OH is 1. The summed E-state index contributed by atoms with van der Waals surface area (Å²) in [6.45, 7) is 2.79. The minimum absolute atomic E-state index is 0.201. The van der Waals surface area contributed by atoms with Crippen LogP contribution in [0.5, 0.6) is 0 Å². The number of halogens is 1. The molecule has 0 aliphatic heterocycles. The fourth-order valence-corrected chi connectivity index (χ4v) is 3.90. The normalized spacial score (nSPS) is 23.1. The molecule has 0 radical (unpaired) electrons. The molecule has 2 heterocycles. The van der Waals surface area contributed by atoms with Crippen LogP contribution in [-0.4, -0.2) is 27.7 Å². The van der Waals surface area contributed by atoms with Gasteiger partial charge in [0.25, 0.3) is 0 Å². The maximum Gasteiger partial charge on any atom is 0.225 e. The minimum Gasteiger partial charge on any atom is -0.393 e. The zero-order valence-corrected chi connectivity index (χ0v) is 13.0. The van der Waals surface area contributed by atoms with Crippen LogP contribution >= 0.6 is 22.9 Å². The van der Waals surface area contributed by atoms with Crippen molar-refractivity contribution in [3.05, 3.63) is 16.2 Å². The smallest absolute Gasteiger partial charge is 0.225 e. The number of aliphatic hydroxyl groups is 1. The average Bonchev–Trinajstić information content (AvgIpc) is 2.77. The van der Waals surface area contributed by atoms with Crippen LogP contribution in [0.1, 0.15) is 30.6 Å². The minimum atomic E-state index is -0.201. The van der Waals surface area contributed by atoms with Gasteiger partial charge in [-0.05, 0) is 37.4 Å². The first-order valence-electron chi connectivity index (χ1n) is 6.99. The Morgan fingerprint density at radius 3 is 3.00 bits per heavy atom. The predicted octanol–water partition coefficient (Wildman–Crippen LogP) is 3.62. The molecule has 20 heavy (non-hydrogen) atoms. The lowest BCUT2D eigenvalue weighted by atomic mass is 9.86. The van der Waals surface area contributed by atoms with Gasteiger partial charge in [0.1, 0.15) is 10.6 Å². The van der Waals surface area contributed by atoms with Gasteiger partial charge in [0.15, 0.2) is 0 Å². The van der Waals surface area contributed by atoms with Crippen LogP contribution in [0.2, 0.25) is 5.28 Å². The highest BCUT2D eigenvalue weighted by Gasteiger charge is 2.23. The summed E-state index contributed by atoms with van der Waals surface area (Å²) >= 11 is 7.60. The third-order valence-electron chi connectivity index (χ3n) is 3.89. The number of rotatable bonds is 3. The van der Waals surface area contributed by atoms with E-state index in [9.17, 15) is 5.11 Å². The molecule has 0 amide bonds. The number of hydrogen-bond acceptors (Lipinski definition) is 5. The number of aromatic nitrogens is 2. The monoisotopic (exact) mass is 311 g/mol. The van der Waals surface area contributed by atoms with Gasteiger partial charge in [0, 0.05) is 17.3 Å². The number of fused-ring (bicyclic) bond motifs is 1. The second kappa shape index (κ2) is 5.84. The highest BCUT2D eigenvalue weighted by molar-refractivity contribution is 7.18. The lowest BCUT2D eigenvalue weighted by Gasteiger charge is -2.27. The maximum atomic E-state index is 10.0. The fourth-order valence-electron chi connectivity index (χ4n) is 2.80. The second-order valence-electron chi connectivity index (χ2n) is 5.41. The van der Waals surface area contributed by atoms with Gasteiger partial charge in [0.05, 0.1) is 11.5 Å². The van der Waals surface area contributed by atoms with Crippen molar-refractivity contribution in [2.75, 3.05) is 11.9 Å². The third-order valence-corrected chi connectivity index (χ3v) is 5.00. The first-order chi connectivity index (χ1) is 9.63. The van der Waals surface area contributed by atoms with E-state index in [4.69, 9.17) is 11.6 Å². The van der Waals surface area contributed by atoms with E-state index in [0.29, 0.717) is 5.92 Å². The largest absolute Gasteiger partial charge is 0.393 e. The predicted molar refractivity (Wildman–Crippen MR) is 83.6 cm³/mol. The summed E-state index contributed by atoms with van der Waals surface area (Å²) in [6.07, 6.45) is 4.10. The van der Waals surface area contributed by atoms with Crippen molar-refractivity contribution in [3.63, 3.8) is 0 Å². The van der Waals surface area contributed by atoms with E-state index in [0.717, 1.165) is 41.8 Å². The molecule has 2 atom stereocenters. The third kappa shape index (κ3) is 2.90. The van der Waals surface area contributed by atoms with Gasteiger partial charge in [-0.3, -0.25) is 0 Å². The molecule has 2 unspecified atom stereocenters. The summed E-state index contributed by atoms with van der Waals surface area (Å²) in [4.78, 5) is 10.6. The highest BCUT2D eigenvalue weighted by Crippen LogP contribution is 2.30. The number of aryl methyl sites for hydroxylation is 1. The van der Waals surface area contributed by atoms with E-state index < -0.39 is 0 Å². The molecule has 2 aromatic heterocycles. The Morgan fingerprint density at radius 2 is 2.20 bits per heavy atom. The summed E-state index contributed by atoms with van der Waals surface area (Å²) in [7, 11) is 0. The Labute approximate surface area is 127 Å². The number of thiophene rings is 1. The molecule has 6 heteroatoms. The molecule has 0 spiro atoms. The van der Waals surface area contributed by atoms with Gasteiger partial charge in [-0.25, -0.2) is 9.97 Å². The number of nitrogens with zero attached hydrogens (tertiary/aromatic N) is 2. The summed E-state index contributed by atoms with van der Waals surface area (Å²) in [6, 6.07) is 2.08. The Morgan fingerprint density at radius 1 is 1.40 bits per heavy atom. The van der Waals surface area contributed by atoms with Gasteiger partial charge in [-0.15, -0.1) is 11.3 Å². The van der Waals surface area contributed by atoms with Gasteiger partial charge in [-0.1, -0.05) is 12.8 Å². The Kier molecular flexibility index (Phi) is 4.10. The quantitative estimate of drug-likeness (QED) is 0.850. The van der Waals surface area contributed by atoms with E-state index in [2.05, 4.69) is 28.3 Å². The van der Waals surface area contributed by atoms with Gasteiger partial charge < -0.3 is 10.4 Å². The van der Waals surface area contributed by atoms with Gasteiger partial charge >= 0.3 is 0 Å². The van der Waals surface area contributed by atoms with E-state index in [1.807, 2.05) is 0 Å². The molecule has 0 bridgehead atoms. The molecule has 108 valence electrons. The molecule has 3 rings (SSSR count). The Balaban J connectivity index is 1.79. The lowest BCUT2D eigenvalue weighted by Crippen LogP contribution is -2.30. The van der Waals surface area contributed by atoms with Crippen LogP contribution in [0.15, 0.2) is 6.07 Å². The molecule has 1 aliphatic carbocycles. The van der Waals surface area contributed by atoms with Crippen LogP contribution in [0.25, 0.3) is 10.2 Å². The van der Waals surface area contributed by atoms with Gasteiger partial charge in [0.2, 0.25) is 5.28 Å². The van der Waals surface area contributed by atoms with Crippen LogP contribution in [0.3, 0.4) is 0 Å². The number of anilines is 1. The van der Waals surface area contributed by atoms with Crippen molar-refractivity contribution in [1.29, 1.82) is 0 Å². The molecular weight excluding hydrogens is 294 g/mol. The number of nitrogens with one attached hydrogen (secondary N) is 1. The van der Waals surface area contributed by atoms with Crippen molar-refractivity contribution in [2.45, 2.75) is 38.7 Å². The fraction of sp³-hybridized carbons (Fsp3) is 0.571. The van der Waals surface area contributed by atoms with Crippen molar-refractivity contribution in [3.8, 4) is 0 Å². The highest BCUT2D eigenvalue weighted by atomic mass is 35.5. The van der Waals surface area contributed by atoms with Gasteiger partial charge in [-0.2, -0.15) is 0 Å². The topological polar surface area (TPSA) is 58.0 Å². The first kappa shape index (κ1) is 14.0. The maximum absolute atomic E-state index is 10.0. The molecule has 1 fully saturated rings. The van der Waals surface area contributed by atoms with Crippen LogP contribution < -0.4 is 5.32 Å². The summed E-state index contributed by atoms with van der Waals surface area (Å²) in [5.41, 5.74) is 0. The second-order valence-corrected chi connectivity index (χ2v) is 6.98. The van der Waals surface area contributed by atoms with E-state index in [-0.39, 0.29) is 11.4 Å². The van der Waals surface area contributed by atoms with E-state index >= 15 is 0 Å². The molecule has 4 nitrogen and oxygen atoms in total. The number of hydrogen-bond donors (Lipinski definition) is 2. The van der Waals surface area contributed by atoms with Crippen molar-refractivity contribution in [1.82, 2.24) is 9.97 Å². The Bertz CT molecular complexity index is 616. The zero-order valence-electron chi connectivity index (χ0n) is 11.4.